The third kappa shape index (κ3) is 5.85. The van der Waals surface area contributed by atoms with E-state index in [0.717, 1.165) is 28.0 Å². The number of ether oxygens (including phenoxy) is 1. The van der Waals surface area contributed by atoms with Crippen LogP contribution in [-0.4, -0.2) is 31.6 Å². The van der Waals surface area contributed by atoms with Crippen LogP contribution in [0.3, 0.4) is 0 Å². The van der Waals surface area contributed by atoms with Gasteiger partial charge in [0.2, 0.25) is 0 Å². The molecule has 0 atom stereocenters. The number of hydrogen-bond donors (Lipinski definition) is 2. The van der Waals surface area contributed by atoms with Gasteiger partial charge in [0.25, 0.3) is 0 Å². The Morgan fingerprint density at radius 1 is 1.19 bits per heavy atom. The van der Waals surface area contributed by atoms with Gasteiger partial charge in [0.1, 0.15) is 10.8 Å². The van der Waals surface area contributed by atoms with Gasteiger partial charge >= 0.3 is 6.18 Å². The molecule has 0 saturated carbocycles. The number of rotatable bonds is 6. The fourth-order valence-corrected chi connectivity index (χ4v) is 3.09. The SMILES string of the molecule is CN=C(NCc1nc(C(F)(F)F)cs1)NCC(C)(C)c1ccc(OC)cc1. The molecule has 0 unspecified atom stereocenters. The van der Waals surface area contributed by atoms with Crippen LogP contribution in [0.4, 0.5) is 13.2 Å². The topological polar surface area (TPSA) is 58.5 Å². The Bertz CT molecular complexity index is 770. The van der Waals surface area contributed by atoms with Crippen molar-refractivity contribution in [2.24, 2.45) is 4.99 Å². The van der Waals surface area contributed by atoms with Crippen LogP contribution in [0.25, 0.3) is 0 Å². The average Bonchev–Trinajstić information content (AvgIpc) is 3.11. The summed E-state index contributed by atoms with van der Waals surface area (Å²) in [5, 5.41) is 7.56. The number of aliphatic imine (C=N–C) groups is 1. The monoisotopic (exact) mass is 400 g/mol. The first-order chi connectivity index (χ1) is 12.7. The second-order valence-electron chi connectivity index (χ2n) is 6.52. The molecule has 2 aromatic rings. The van der Waals surface area contributed by atoms with Crippen LogP contribution < -0.4 is 15.4 Å². The first-order valence-electron chi connectivity index (χ1n) is 8.26. The summed E-state index contributed by atoms with van der Waals surface area (Å²) in [5.41, 5.74) is 0.0722. The zero-order valence-corrected chi connectivity index (χ0v) is 16.5. The molecular formula is C18H23F3N4OS. The Morgan fingerprint density at radius 3 is 2.37 bits per heavy atom. The number of nitrogens with zero attached hydrogens (tertiary/aromatic N) is 2. The molecule has 5 nitrogen and oxygen atoms in total. The number of guanidine groups is 1. The van der Waals surface area contributed by atoms with Crippen LogP contribution in [0.1, 0.15) is 30.1 Å². The standard InChI is InChI=1S/C18H23F3N4OS/c1-17(2,12-5-7-13(26-4)8-6-12)11-24-16(22-3)23-9-15-25-14(10-27-15)18(19,20)21/h5-8,10H,9,11H2,1-4H3,(H2,22,23,24). The van der Waals surface area contributed by atoms with Crippen molar-refractivity contribution in [2.75, 3.05) is 20.7 Å². The molecule has 0 aliphatic carbocycles. The summed E-state index contributed by atoms with van der Waals surface area (Å²) < 4.78 is 43.0. The van der Waals surface area contributed by atoms with Crippen LogP contribution in [0, 0.1) is 0 Å². The predicted molar refractivity (Wildman–Crippen MR) is 101 cm³/mol. The summed E-state index contributed by atoms with van der Waals surface area (Å²) in [4.78, 5) is 7.71. The largest absolute Gasteiger partial charge is 0.497 e. The molecule has 1 aromatic heterocycles. The molecule has 2 N–H and O–H groups in total. The smallest absolute Gasteiger partial charge is 0.434 e. The zero-order chi connectivity index (χ0) is 20.1. The van der Waals surface area contributed by atoms with Crippen molar-refractivity contribution >= 4 is 17.3 Å². The minimum Gasteiger partial charge on any atom is -0.497 e. The van der Waals surface area contributed by atoms with Crippen molar-refractivity contribution in [3.8, 4) is 5.75 Å². The van der Waals surface area contributed by atoms with Gasteiger partial charge < -0.3 is 15.4 Å². The lowest BCUT2D eigenvalue weighted by Crippen LogP contribution is -2.43. The second kappa shape index (κ2) is 8.60. The highest BCUT2D eigenvalue weighted by Gasteiger charge is 2.33. The van der Waals surface area contributed by atoms with Gasteiger partial charge in [-0.15, -0.1) is 11.3 Å². The van der Waals surface area contributed by atoms with Gasteiger partial charge in [-0.3, -0.25) is 4.99 Å². The van der Waals surface area contributed by atoms with Crippen molar-refractivity contribution < 1.29 is 17.9 Å². The number of hydrogen-bond acceptors (Lipinski definition) is 4. The van der Waals surface area contributed by atoms with Gasteiger partial charge in [0.05, 0.1) is 13.7 Å². The van der Waals surface area contributed by atoms with Crippen molar-refractivity contribution in [3.63, 3.8) is 0 Å². The number of alkyl halides is 3. The lowest BCUT2D eigenvalue weighted by molar-refractivity contribution is -0.140. The third-order valence-electron chi connectivity index (χ3n) is 4.04. The molecule has 27 heavy (non-hydrogen) atoms. The summed E-state index contributed by atoms with van der Waals surface area (Å²) in [6, 6.07) is 7.82. The molecule has 0 radical (unpaired) electrons. The molecule has 0 amide bonds. The minimum absolute atomic E-state index is 0.170. The van der Waals surface area contributed by atoms with Crippen molar-refractivity contribution in [1.82, 2.24) is 15.6 Å². The summed E-state index contributed by atoms with van der Waals surface area (Å²) in [7, 11) is 3.23. The quantitative estimate of drug-likeness (QED) is 0.572. The molecule has 0 fully saturated rings. The fourth-order valence-electron chi connectivity index (χ4n) is 2.35. The van der Waals surface area contributed by atoms with E-state index < -0.39 is 11.9 Å². The van der Waals surface area contributed by atoms with Crippen LogP contribution in [0.15, 0.2) is 34.6 Å². The van der Waals surface area contributed by atoms with E-state index in [-0.39, 0.29) is 12.0 Å². The molecular weight excluding hydrogens is 377 g/mol. The van der Waals surface area contributed by atoms with Crippen molar-refractivity contribution in [2.45, 2.75) is 32.0 Å². The van der Waals surface area contributed by atoms with Gasteiger partial charge in [-0.05, 0) is 17.7 Å². The molecule has 148 valence electrons. The molecule has 1 aromatic carbocycles. The Kier molecular flexibility index (Phi) is 6.69. The Balaban J connectivity index is 1.91. The van der Waals surface area contributed by atoms with Crippen LogP contribution in [-0.2, 0) is 18.1 Å². The lowest BCUT2D eigenvalue weighted by atomic mass is 9.84. The lowest BCUT2D eigenvalue weighted by Gasteiger charge is -2.27. The second-order valence-corrected chi connectivity index (χ2v) is 7.46. The maximum Gasteiger partial charge on any atom is 0.434 e. The van der Waals surface area contributed by atoms with Crippen LogP contribution in [0.5, 0.6) is 5.75 Å². The Hall–Kier alpha value is -2.29. The molecule has 2 rings (SSSR count). The summed E-state index contributed by atoms with van der Waals surface area (Å²) in [6.45, 7) is 4.94. The van der Waals surface area contributed by atoms with E-state index in [1.807, 2.05) is 24.3 Å². The maximum atomic E-state index is 12.6. The number of thiazole rings is 1. The molecule has 0 aliphatic rings. The molecule has 9 heteroatoms. The van der Waals surface area contributed by atoms with E-state index in [2.05, 4.69) is 34.5 Å². The van der Waals surface area contributed by atoms with E-state index in [9.17, 15) is 13.2 Å². The summed E-state index contributed by atoms with van der Waals surface area (Å²) in [5.74, 6) is 1.29. The third-order valence-corrected chi connectivity index (χ3v) is 4.89. The highest BCUT2D eigenvalue weighted by Crippen LogP contribution is 2.30. The fraction of sp³-hybridized carbons (Fsp3) is 0.444. The van der Waals surface area contributed by atoms with Gasteiger partial charge in [0.15, 0.2) is 11.7 Å². The summed E-state index contributed by atoms with van der Waals surface area (Å²) >= 11 is 0.965. The Morgan fingerprint density at radius 2 is 1.85 bits per heavy atom. The number of halogens is 3. The van der Waals surface area contributed by atoms with Crippen LogP contribution >= 0.6 is 11.3 Å². The predicted octanol–water partition coefficient (Wildman–Crippen LogP) is 3.81. The van der Waals surface area contributed by atoms with E-state index in [1.165, 1.54) is 0 Å². The van der Waals surface area contributed by atoms with E-state index in [4.69, 9.17) is 4.74 Å². The van der Waals surface area contributed by atoms with Crippen LogP contribution in [0.2, 0.25) is 0 Å². The van der Waals surface area contributed by atoms with Crippen molar-refractivity contribution in [3.05, 3.63) is 45.9 Å². The van der Waals surface area contributed by atoms with Crippen molar-refractivity contribution in [1.29, 1.82) is 0 Å². The number of nitrogens with one attached hydrogen (secondary N) is 2. The van der Waals surface area contributed by atoms with E-state index in [1.54, 1.807) is 14.2 Å². The van der Waals surface area contributed by atoms with E-state index >= 15 is 0 Å². The highest BCUT2D eigenvalue weighted by molar-refractivity contribution is 7.09. The van der Waals surface area contributed by atoms with Gasteiger partial charge in [-0.1, -0.05) is 26.0 Å². The number of aromatic nitrogens is 1. The van der Waals surface area contributed by atoms with Gasteiger partial charge in [0, 0.05) is 24.4 Å². The highest BCUT2D eigenvalue weighted by atomic mass is 32.1. The van der Waals surface area contributed by atoms with E-state index in [0.29, 0.717) is 17.5 Å². The van der Waals surface area contributed by atoms with Gasteiger partial charge in [-0.2, -0.15) is 13.2 Å². The van der Waals surface area contributed by atoms with Gasteiger partial charge in [-0.25, -0.2) is 4.98 Å². The molecule has 0 bridgehead atoms. The first kappa shape index (κ1) is 21.0. The number of methoxy groups -OCH3 is 1. The average molecular weight is 400 g/mol. The summed E-state index contributed by atoms with van der Waals surface area (Å²) in [6.07, 6.45) is -4.42. The molecule has 0 saturated heterocycles. The first-order valence-corrected chi connectivity index (χ1v) is 9.14. The minimum atomic E-state index is -4.42. The molecule has 0 spiro atoms. The molecule has 1 heterocycles. The zero-order valence-electron chi connectivity index (χ0n) is 15.6. The Labute approximate surface area is 160 Å². The molecule has 0 aliphatic heterocycles. The maximum absolute atomic E-state index is 12.6. The number of benzene rings is 1. The normalized spacial score (nSPS) is 12.8.